The van der Waals surface area contributed by atoms with Crippen LogP contribution in [0.25, 0.3) is 17.0 Å². The van der Waals surface area contributed by atoms with Crippen LogP contribution in [0.1, 0.15) is 54.2 Å². The summed E-state index contributed by atoms with van der Waals surface area (Å²) >= 11 is 0. The number of imidazole rings is 1. The minimum Gasteiger partial charge on any atom is -0.337 e. The fraction of sp³-hybridized carbons (Fsp3) is 0.333. The number of aryl methyl sites for hydroxylation is 1. The maximum atomic E-state index is 12.9. The highest BCUT2D eigenvalue weighted by Gasteiger charge is 2.51. The average molecular weight is 428 g/mol. The highest BCUT2D eigenvalue weighted by Crippen LogP contribution is 2.50. The summed E-state index contributed by atoms with van der Waals surface area (Å²) in [6.07, 6.45) is 6.93. The van der Waals surface area contributed by atoms with E-state index in [-0.39, 0.29) is 11.9 Å². The summed E-state index contributed by atoms with van der Waals surface area (Å²) in [4.78, 5) is 24.4. The zero-order valence-electron chi connectivity index (χ0n) is 18.1. The van der Waals surface area contributed by atoms with Gasteiger partial charge in [-0.05, 0) is 56.9 Å². The normalized spacial score (nSPS) is 19.6. The van der Waals surface area contributed by atoms with Gasteiger partial charge in [0.2, 0.25) is 11.7 Å². The number of benzene rings is 1. The van der Waals surface area contributed by atoms with Crippen LogP contribution in [-0.4, -0.2) is 42.4 Å². The van der Waals surface area contributed by atoms with Gasteiger partial charge in [-0.25, -0.2) is 4.98 Å². The Hall–Kier alpha value is -3.52. The Morgan fingerprint density at radius 1 is 1.25 bits per heavy atom. The molecule has 1 N–H and O–H groups in total. The molecule has 1 aliphatic heterocycles. The number of fused-ring (bicyclic) bond motifs is 1. The third-order valence-electron chi connectivity index (χ3n) is 6.81. The summed E-state index contributed by atoms with van der Waals surface area (Å²) < 4.78 is 7.40. The summed E-state index contributed by atoms with van der Waals surface area (Å²) in [5, 5.41) is 7.24. The van der Waals surface area contributed by atoms with E-state index in [1.807, 2.05) is 49.5 Å². The summed E-state index contributed by atoms with van der Waals surface area (Å²) in [6.45, 7) is 5.34. The Morgan fingerprint density at radius 2 is 2.12 bits per heavy atom. The predicted molar refractivity (Wildman–Crippen MR) is 119 cm³/mol. The van der Waals surface area contributed by atoms with Gasteiger partial charge in [0.1, 0.15) is 11.3 Å². The van der Waals surface area contributed by atoms with Crippen molar-refractivity contribution in [3.8, 4) is 11.4 Å². The number of aromatic nitrogens is 4. The molecule has 0 radical (unpaired) electrons. The number of carbonyl (C=O) groups excluding carboxylic acids is 1. The predicted octanol–water partition coefficient (Wildman–Crippen LogP) is 4.24. The third kappa shape index (κ3) is 3.10. The molecule has 0 unspecified atom stereocenters. The van der Waals surface area contributed by atoms with Crippen LogP contribution in [0.2, 0.25) is 0 Å². The van der Waals surface area contributed by atoms with E-state index in [1.165, 1.54) is 12.8 Å². The van der Waals surface area contributed by atoms with Crippen LogP contribution in [-0.2, 0) is 0 Å². The van der Waals surface area contributed by atoms with Crippen LogP contribution >= 0.6 is 0 Å². The van der Waals surface area contributed by atoms with Crippen LogP contribution in [0.4, 0.5) is 5.69 Å². The van der Waals surface area contributed by atoms with Crippen molar-refractivity contribution in [3.05, 3.63) is 65.9 Å². The minimum atomic E-state index is -0.222. The molecule has 1 atom stereocenters. The van der Waals surface area contributed by atoms with Crippen molar-refractivity contribution >= 4 is 17.2 Å². The van der Waals surface area contributed by atoms with Crippen molar-refractivity contribution in [3.63, 3.8) is 0 Å². The zero-order valence-corrected chi connectivity index (χ0v) is 18.1. The second kappa shape index (κ2) is 7.00. The lowest BCUT2D eigenvalue weighted by Crippen LogP contribution is -2.48. The Balaban J connectivity index is 1.25. The number of pyridine rings is 1. The lowest BCUT2D eigenvalue weighted by Gasteiger charge is -2.43. The molecule has 2 aliphatic rings. The van der Waals surface area contributed by atoms with Crippen LogP contribution < -0.4 is 5.32 Å². The Kier molecular flexibility index (Phi) is 4.19. The van der Waals surface area contributed by atoms with Gasteiger partial charge in [-0.2, -0.15) is 4.98 Å². The first-order chi connectivity index (χ1) is 15.5. The number of anilines is 1. The first kappa shape index (κ1) is 19.2. The number of amides is 1. The lowest BCUT2D eigenvalue weighted by molar-refractivity contribution is 0.0147. The van der Waals surface area contributed by atoms with Gasteiger partial charge in [0.25, 0.3) is 5.91 Å². The number of carbonyl (C=O) groups is 1. The molecule has 3 aromatic heterocycles. The minimum absolute atomic E-state index is 0.212. The van der Waals surface area contributed by atoms with Crippen LogP contribution in [0.15, 0.2) is 53.3 Å². The fourth-order valence-electron chi connectivity index (χ4n) is 4.43. The van der Waals surface area contributed by atoms with Gasteiger partial charge in [-0.1, -0.05) is 23.4 Å². The van der Waals surface area contributed by atoms with E-state index in [0.717, 1.165) is 29.7 Å². The van der Waals surface area contributed by atoms with Gasteiger partial charge in [0.05, 0.1) is 12.2 Å². The van der Waals surface area contributed by atoms with E-state index in [4.69, 9.17) is 4.52 Å². The summed E-state index contributed by atoms with van der Waals surface area (Å²) in [6, 6.07) is 11.6. The number of likely N-dealkylation sites (tertiary alicyclic amines) is 1. The van der Waals surface area contributed by atoms with Crippen molar-refractivity contribution in [1.29, 1.82) is 0 Å². The highest BCUT2D eigenvalue weighted by molar-refractivity contribution is 6.04. The van der Waals surface area contributed by atoms with E-state index >= 15 is 0 Å². The molecular formula is C24H24N6O2. The maximum absolute atomic E-state index is 12.9. The molecule has 162 valence electrons. The SMILES string of the molecule is Cc1ccc(-c2noc([C@@H]3CCN3C3(C)CC3)n2)cc1NC(=O)c1cnc2ccccn12. The average Bonchev–Trinajstić information content (AvgIpc) is 3.16. The molecular weight excluding hydrogens is 404 g/mol. The first-order valence-corrected chi connectivity index (χ1v) is 11.0. The molecule has 8 heteroatoms. The van der Waals surface area contributed by atoms with Crippen molar-refractivity contribution in [1.82, 2.24) is 24.4 Å². The van der Waals surface area contributed by atoms with Gasteiger partial charge in [-0.15, -0.1) is 0 Å². The Bertz CT molecular complexity index is 1340. The van der Waals surface area contributed by atoms with Crippen molar-refractivity contribution < 1.29 is 9.32 Å². The Labute approximate surface area is 185 Å². The van der Waals surface area contributed by atoms with E-state index in [1.54, 1.807) is 10.6 Å². The van der Waals surface area contributed by atoms with Crippen molar-refractivity contribution in [2.24, 2.45) is 0 Å². The van der Waals surface area contributed by atoms with Crippen LogP contribution in [0, 0.1) is 6.92 Å². The molecule has 1 aliphatic carbocycles. The first-order valence-electron chi connectivity index (χ1n) is 11.0. The number of hydrogen-bond acceptors (Lipinski definition) is 6. The van der Waals surface area contributed by atoms with Crippen molar-refractivity contribution in [2.75, 3.05) is 11.9 Å². The van der Waals surface area contributed by atoms with Gasteiger partial charge in [-0.3, -0.25) is 14.1 Å². The van der Waals surface area contributed by atoms with Crippen molar-refractivity contribution in [2.45, 2.75) is 44.7 Å². The molecule has 0 spiro atoms. The fourth-order valence-corrected chi connectivity index (χ4v) is 4.43. The molecule has 2 fully saturated rings. The summed E-state index contributed by atoms with van der Waals surface area (Å²) in [5.41, 5.74) is 3.98. The number of hydrogen-bond donors (Lipinski definition) is 1. The number of rotatable bonds is 5. The molecule has 0 bridgehead atoms. The smallest absolute Gasteiger partial charge is 0.274 e. The number of nitrogens with one attached hydrogen (secondary N) is 1. The highest BCUT2D eigenvalue weighted by atomic mass is 16.5. The lowest BCUT2D eigenvalue weighted by atomic mass is 9.99. The van der Waals surface area contributed by atoms with E-state index in [9.17, 15) is 4.79 Å². The monoisotopic (exact) mass is 428 g/mol. The van der Waals surface area contributed by atoms with E-state index in [2.05, 4.69) is 32.3 Å². The second-order valence-electron chi connectivity index (χ2n) is 9.01. The molecule has 32 heavy (non-hydrogen) atoms. The molecule has 6 rings (SSSR count). The third-order valence-corrected chi connectivity index (χ3v) is 6.81. The molecule has 1 amide bonds. The molecule has 4 aromatic rings. The van der Waals surface area contributed by atoms with Crippen LogP contribution in [0.5, 0.6) is 0 Å². The Morgan fingerprint density at radius 3 is 2.91 bits per heavy atom. The van der Waals surface area contributed by atoms with Gasteiger partial charge in [0.15, 0.2) is 0 Å². The van der Waals surface area contributed by atoms with Gasteiger partial charge in [0, 0.05) is 29.5 Å². The van der Waals surface area contributed by atoms with E-state index in [0.29, 0.717) is 28.6 Å². The molecule has 4 heterocycles. The maximum Gasteiger partial charge on any atom is 0.274 e. The molecule has 1 aromatic carbocycles. The molecule has 1 saturated carbocycles. The zero-order chi connectivity index (χ0) is 21.9. The molecule has 8 nitrogen and oxygen atoms in total. The standard InChI is InChI=1S/C24H24N6O2/c1-15-6-7-16(21-27-23(32-28-21)18-8-12-30(18)24(2)9-10-24)13-17(15)26-22(31)19-14-25-20-5-3-4-11-29(19)20/h3-7,11,13-14,18H,8-10,12H2,1-2H3,(H,26,31)/t18-/m0/s1. The quantitative estimate of drug-likeness (QED) is 0.511. The number of nitrogens with zero attached hydrogens (tertiary/aromatic N) is 5. The second-order valence-corrected chi connectivity index (χ2v) is 9.01. The topological polar surface area (TPSA) is 88.6 Å². The molecule has 1 saturated heterocycles. The van der Waals surface area contributed by atoms with Gasteiger partial charge < -0.3 is 9.84 Å². The largest absolute Gasteiger partial charge is 0.337 e. The summed E-state index contributed by atoms with van der Waals surface area (Å²) in [5.74, 6) is 0.995. The summed E-state index contributed by atoms with van der Waals surface area (Å²) in [7, 11) is 0. The van der Waals surface area contributed by atoms with Crippen LogP contribution in [0.3, 0.4) is 0 Å². The van der Waals surface area contributed by atoms with E-state index < -0.39 is 0 Å². The van der Waals surface area contributed by atoms with Gasteiger partial charge >= 0.3 is 0 Å².